The van der Waals surface area contributed by atoms with Crippen LogP contribution in [-0.2, 0) is 11.2 Å². The first-order valence-corrected chi connectivity index (χ1v) is 14.3. The predicted octanol–water partition coefficient (Wildman–Crippen LogP) is 6.49. The van der Waals surface area contributed by atoms with E-state index in [0.717, 1.165) is 35.6 Å². The maximum absolute atomic E-state index is 12.9. The molecule has 4 saturated carbocycles. The Hall–Kier alpha value is -1.49. The van der Waals surface area contributed by atoms with Crippen molar-refractivity contribution in [3.8, 4) is 0 Å². The molecule has 5 fully saturated rings. The number of hydrogen-bond acceptors (Lipinski definition) is 3. The summed E-state index contributed by atoms with van der Waals surface area (Å²) in [4.78, 5) is 22.9. The molecule has 4 aliphatic carbocycles. The Bertz CT molecular complexity index is 858. The summed E-state index contributed by atoms with van der Waals surface area (Å²) in [5, 5.41) is 1.18. The van der Waals surface area contributed by atoms with Crippen molar-refractivity contribution in [2.24, 2.45) is 22.7 Å². The van der Waals surface area contributed by atoms with E-state index in [1.54, 1.807) is 6.92 Å². The number of amides is 1. The molecule has 1 atom stereocenters. The third kappa shape index (κ3) is 4.59. The molecule has 0 spiro atoms. The van der Waals surface area contributed by atoms with Crippen molar-refractivity contribution in [1.29, 1.82) is 0 Å². The summed E-state index contributed by atoms with van der Waals surface area (Å²) in [6.07, 6.45) is 11.7. The van der Waals surface area contributed by atoms with Gasteiger partial charge in [0.05, 0.1) is 5.54 Å². The Balaban J connectivity index is 1.41. The average molecular weight is 468 g/mol. The van der Waals surface area contributed by atoms with Crippen LogP contribution in [-0.4, -0.2) is 39.5 Å². The van der Waals surface area contributed by atoms with Crippen molar-refractivity contribution in [3.05, 3.63) is 29.8 Å². The lowest BCUT2D eigenvalue weighted by Gasteiger charge is -2.55. The van der Waals surface area contributed by atoms with Crippen LogP contribution in [0, 0.1) is 17.8 Å². The Morgan fingerprint density at radius 1 is 1.12 bits per heavy atom. The number of aliphatic imine (C=N–C) groups is 1. The topological polar surface area (TPSA) is 35.9 Å². The molecule has 1 heterocycles. The lowest BCUT2D eigenvalue weighted by Crippen LogP contribution is -2.54. The molecule has 0 N–H and O–H groups in total. The molecular formula is C28H41N3OS. The van der Waals surface area contributed by atoms with Gasteiger partial charge in [-0.15, -0.1) is 0 Å². The molecule has 1 aromatic rings. The molecule has 4 nitrogen and oxygen atoms in total. The van der Waals surface area contributed by atoms with Gasteiger partial charge >= 0.3 is 0 Å². The molecule has 6 rings (SSSR count). The normalized spacial score (nSPS) is 34.0. The fourth-order valence-corrected chi connectivity index (χ4v) is 8.81. The van der Waals surface area contributed by atoms with Gasteiger partial charge in [0.2, 0.25) is 5.91 Å². The van der Waals surface area contributed by atoms with E-state index in [1.165, 1.54) is 62.1 Å². The third-order valence-electron chi connectivity index (χ3n) is 8.47. The fraction of sp³-hybridized carbons (Fsp3) is 0.714. The molecule has 1 saturated heterocycles. The second-order valence-corrected chi connectivity index (χ2v) is 12.5. The number of rotatable bonds is 7. The molecule has 5 aliphatic rings. The van der Waals surface area contributed by atoms with Gasteiger partial charge in [0.1, 0.15) is 6.17 Å². The van der Waals surface area contributed by atoms with Crippen LogP contribution in [0.3, 0.4) is 0 Å². The van der Waals surface area contributed by atoms with E-state index in [-0.39, 0.29) is 17.6 Å². The lowest BCUT2D eigenvalue weighted by molar-refractivity contribution is -0.117. The molecule has 1 aliphatic heterocycles. The largest absolute Gasteiger partial charge is 0.327 e. The van der Waals surface area contributed by atoms with E-state index in [1.807, 2.05) is 16.7 Å². The van der Waals surface area contributed by atoms with E-state index in [2.05, 4.69) is 49.9 Å². The Kier molecular flexibility index (Phi) is 6.54. The summed E-state index contributed by atoms with van der Waals surface area (Å²) in [6, 6.07) is 9.00. The fourth-order valence-electron chi connectivity index (χ4n) is 7.46. The van der Waals surface area contributed by atoms with Crippen molar-refractivity contribution in [3.63, 3.8) is 0 Å². The van der Waals surface area contributed by atoms with Crippen LogP contribution in [0.25, 0.3) is 0 Å². The summed E-state index contributed by atoms with van der Waals surface area (Å²) >= 11 is 1.87. The molecule has 1 unspecified atom stereocenters. The van der Waals surface area contributed by atoms with Gasteiger partial charge in [-0.3, -0.25) is 14.7 Å². The molecule has 0 radical (unpaired) electrons. The van der Waals surface area contributed by atoms with Gasteiger partial charge in [-0.05, 0) is 101 Å². The van der Waals surface area contributed by atoms with Crippen LogP contribution < -0.4 is 4.90 Å². The standard InChI is InChI=1S/C28H41N3OS/c1-5-6-7-21-8-10-25(11-9-21)31(20(4)32)26-18-33-27(30(26)19(2)3)29-28-15-22-12-23(16-28)14-24(13-22)17-28/h8-11,19,22-24,26H,5-7,12-18H2,1-4H3. The number of carbonyl (C=O) groups excluding carboxylic acids is 1. The summed E-state index contributed by atoms with van der Waals surface area (Å²) in [5.74, 6) is 3.70. The van der Waals surface area contributed by atoms with Gasteiger partial charge in [-0.1, -0.05) is 37.2 Å². The van der Waals surface area contributed by atoms with Gasteiger partial charge in [0, 0.05) is 24.4 Å². The number of thioether (sulfide) groups is 1. The monoisotopic (exact) mass is 467 g/mol. The Morgan fingerprint density at radius 2 is 1.73 bits per heavy atom. The van der Waals surface area contributed by atoms with Crippen LogP contribution in [0.4, 0.5) is 5.69 Å². The zero-order valence-electron chi connectivity index (χ0n) is 20.9. The van der Waals surface area contributed by atoms with Crippen LogP contribution in [0.1, 0.15) is 84.6 Å². The summed E-state index contributed by atoms with van der Waals surface area (Å²) < 4.78 is 0. The maximum Gasteiger partial charge on any atom is 0.225 e. The number of amidine groups is 1. The molecule has 33 heavy (non-hydrogen) atoms. The summed E-state index contributed by atoms with van der Waals surface area (Å²) in [7, 11) is 0. The van der Waals surface area contributed by atoms with E-state index >= 15 is 0 Å². The molecular weight excluding hydrogens is 426 g/mol. The average Bonchev–Trinajstić information content (AvgIpc) is 3.14. The number of anilines is 1. The minimum Gasteiger partial charge on any atom is -0.327 e. The minimum absolute atomic E-state index is 0.0293. The first-order chi connectivity index (χ1) is 15.9. The second kappa shape index (κ2) is 9.28. The van der Waals surface area contributed by atoms with Crippen LogP contribution in [0.5, 0.6) is 0 Å². The van der Waals surface area contributed by atoms with E-state index < -0.39 is 0 Å². The van der Waals surface area contributed by atoms with Crippen molar-refractivity contribution >= 4 is 28.5 Å². The van der Waals surface area contributed by atoms with E-state index in [0.29, 0.717) is 6.04 Å². The van der Waals surface area contributed by atoms with Crippen molar-refractivity contribution < 1.29 is 4.79 Å². The predicted molar refractivity (Wildman–Crippen MR) is 140 cm³/mol. The quantitative estimate of drug-likeness (QED) is 0.460. The number of hydrogen-bond donors (Lipinski definition) is 0. The molecule has 0 aromatic heterocycles. The SMILES string of the molecule is CCCCc1ccc(N(C(C)=O)C2CSC(=NC34CC5CC(CC(C5)C3)C4)N2C(C)C)cc1. The van der Waals surface area contributed by atoms with Crippen molar-refractivity contribution in [2.75, 3.05) is 10.7 Å². The molecule has 1 amide bonds. The molecule has 5 heteroatoms. The van der Waals surface area contributed by atoms with Crippen LogP contribution in [0.2, 0.25) is 0 Å². The smallest absolute Gasteiger partial charge is 0.225 e. The lowest BCUT2D eigenvalue weighted by atomic mass is 9.53. The van der Waals surface area contributed by atoms with Crippen LogP contribution >= 0.6 is 11.8 Å². The minimum atomic E-state index is 0.0293. The van der Waals surface area contributed by atoms with Gasteiger partial charge in [-0.2, -0.15) is 0 Å². The zero-order chi connectivity index (χ0) is 23.2. The van der Waals surface area contributed by atoms with E-state index in [9.17, 15) is 4.79 Å². The van der Waals surface area contributed by atoms with Crippen LogP contribution in [0.15, 0.2) is 29.3 Å². The Labute approximate surface area is 204 Å². The number of unbranched alkanes of at least 4 members (excludes halogenated alkanes) is 1. The van der Waals surface area contributed by atoms with E-state index in [4.69, 9.17) is 4.99 Å². The first kappa shape index (κ1) is 23.3. The van der Waals surface area contributed by atoms with Crippen molar-refractivity contribution in [2.45, 2.75) is 103 Å². The zero-order valence-corrected chi connectivity index (χ0v) is 21.7. The van der Waals surface area contributed by atoms with Gasteiger partial charge in [0.15, 0.2) is 5.17 Å². The molecule has 180 valence electrons. The summed E-state index contributed by atoms with van der Waals surface area (Å²) in [6.45, 7) is 8.44. The maximum atomic E-state index is 12.9. The van der Waals surface area contributed by atoms with Gasteiger partial charge in [0.25, 0.3) is 0 Å². The third-order valence-corrected chi connectivity index (χ3v) is 9.49. The first-order valence-electron chi connectivity index (χ1n) is 13.3. The highest BCUT2D eigenvalue weighted by Crippen LogP contribution is 2.57. The highest BCUT2D eigenvalue weighted by Gasteiger charge is 2.52. The molecule has 1 aromatic carbocycles. The van der Waals surface area contributed by atoms with Gasteiger partial charge < -0.3 is 4.90 Å². The number of carbonyl (C=O) groups is 1. The number of aryl methyl sites for hydroxylation is 1. The number of nitrogens with zero attached hydrogens (tertiary/aromatic N) is 3. The van der Waals surface area contributed by atoms with Crippen molar-refractivity contribution in [1.82, 2.24) is 4.90 Å². The number of benzene rings is 1. The Morgan fingerprint density at radius 3 is 2.24 bits per heavy atom. The second-order valence-electron chi connectivity index (χ2n) is 11.5. The summed E-state index contributed by atoms with van der Waals surface area (Å²) in [5.41, 5.74) is 2.53. The van der Waals surface area contributed by atoms with Gasteiger partial charge in [-0.25, -0.2) is 0 Å². The molecule has 4 bridgehead atoms. The highest BCUT2D eigenvalue weighted by molar-refractivity contribution is 8.14. The highest BCUT2D eigenvalue weighted by atomic mass is 32.2.